The van der Waals surface area contributed by atoms with Crippen molar-refractivity contribution >= 4 is 45.1 Å². The highest BCUT2D eigenvalue weighted by Crippen LogP contribution is 2.22. The third kappa shape index (κ3) is 4.33. The van der Waals surface area contributed by atoms with Crippen LogP contribution in [0.3, 0.4) is 0 Å². The predicted octanol–water partition coefficient (Wildman–Crippen LogP) is 4.31. The molecule has 0 unspecified atom stereocenters. The molecule has 0 aliphatic carbocycles. The lowest BCUT2D eigenvalue weighted by molar-refractivity contribution is -0.126. The molecular weight excluding hydrogens is 382 g/mol. The topological polar surface area (TPSA) is 46.6 Å². The third-order valence-electron chi connectivity index (χ3n) is 3.25. The molecule has 0 aromatic heterocycles. The van der Waals surface area contributed by atoms with Gasteiger partial charge in [-0.2, -0.15) is 0 Å². The molecule has 1 amide bonds. The van der Waals surface area contributed by atoms with Gasteiger partial charge in [0.05, 0.1) is 10.6 Å². The van der Waals surface area contributed by atoms with Crippen molar-refractivity contribution in [2.45, 2.75) is 13.0 Å². The van der Waals surface area contributed by atoms with Gasteiger partial charge in [-0.15, -0.1) is 0 Å². The second-order valence-corrected chi connectivity index (χ2v) is 6.23. The van der Waals surface area contributed by atoms with Crippen LogP contribution in [0.1, 0.15) is 17.3 Å². The molecule has 0 heterocycles. The molecule has 2 rings (SSSR count). The van der Waals surface area contributed by atoms with Crippen molar-refractivity contribution in [1.82, 2.24) is 0 Å². The van der Waals surface area contributed by atoms with E-state index in [4.69, 9.17) is 16.3 Å². The Morgan fingerprint density at radius 2 is 1.83 bits per heavy atom. The van der Waals surface area contributed by atoms with E-state index in [-0.39, 0.29) is 16.5 Å². The number of carbonyl (C=O) groups is 2. The fraction of sp³-hybridized carbons (Fsp3) is 0.176. The van der Waals surface area contributed by atoms with Crippen molar-refractivity contribution in [3.05, 3.63) is 63.6 Å². The summed E-state index contributed by atoms with van der Waals surface area (Å²) < 4.78 is 5.94. The molecular formula is C17H15BrClNO3. The molecule has 0 N–H and O–H groups in total. The normalized spacial score (nSPS) is 11.7. The lowest BCUT2D eigenvalue weighted by Crippen LogP contribution is -2.37. The van der Waals surface area contributed by atoms with Gasteiger partial charge in [0.2, 0.25) is 0 Å². The maximum absolute atomic E-state index is 12.4. The van der Waals surface area contributed by atoms with E-state index in [0.29, 0.717) is 4.47 Å². The van der Waals surface area contributed by atoms with Crippen molar-refractivity contribution in [3.8, 4) is 0 Å². The zero-order valence-corrected chi connectivity index (χ0v) is 15.0. The van der Waals surface area contributed by atoms with Gasteiger partial charge in [0, 0.05) is 17.2 Å². The van der Waals surface area contributed by atoms with Crippen LogP contribution in [0.15, 0.2) is 53.0 Å². The number of esters is 1. The number of likely N-dealkylation sites (N-methyl/N-ethyl adjacent to an activating group) is 1. The van der Waals surface area contributed by atoms with E-state index in [0.717, 1.165) is 5.69 Å². The van der Waals surface area contributed by atoms with Crippen LogP contribution in [0.4, 0.5) is 5.69 Å². The summed E-state index contributed by atoms with van der Waals surface area (Å²) in [5.74, 6) is -0.964. The Hall–Kier alpha value is -1.85. The molecule has 0 radical (unpaired) electrons. The average Bonchev–Trinajstić information content (AvgIpc) is 2.56. The molecule has 1 atom stereocenters. The number of amides is 1. The minimum atomic E-state index is -0.928. The van der Waals surface area contributed by atoms with E-state index < -0.39 is 12.1 Å². The Bertz CT molecular complexity index is 721. The number of benzene rings is 2. The maximum atomic E-state index is 12.4. The summed E-state index contributed by atoms with van der Waals surface area (Å²) in [6.45, 7) is 1.53. The fourth-order valence-corrected chi connectivity index (χ4v) is 2.54. The molecule has 0 saturated heterocycles. The number of para-hydroxylation sites is 1. The van der Waals surface area contributed by atoms with Gasteiger partial charge in [0.15, 0.2) is 6.10 Å². The summed E-state index contributed by atoms with van der Waals surface area (Å²) >= 11 is 9.27. The van der Waals surface area contributed by atoms with Crippen LogP contribution in [0.25, 0.3) is 0 Å². The Kier molecular flexibility index (Phi) is 5.80. The molecule has 0 fully saturated rings. The van der Waals surface area contributed by atoms with Crippen molar-refractivity contribution in [1.29, 1.82) is 0 Å². The van der Waals surface area contributed by atoms with Gasteiger partial charge in [0.1, 0.15) is 0 Å². The summed E-state index contributed by atoms with van der Waals surface area (Å²) in [5, 5.41) is 0.272. The molecule has 2 aromatic rings. The van der Waals surface area contributed by atoms with Gasteiger partial charge >= 0.3 is 5.97 Å². The number of nitrogens with zero attached hydrogens (tertiary/aromatic N) is 1. The van der Waals surface area contributed by atoms with Crippen LogP contribution >= 0.6 is 27.5 Å². The van der Waals surface area contributed by atoms with Crippen molar-refractivity contribution < 1.29 is 14.3 Å². The molecule has 0 aliphatic rings. The van der Waals surface area contributed by atoms with E-state index >= 15 is 0 Å². The van der Waals surface area contributed by atoms with E-state index in [1.54, 1.807) is 37.4 Å². The van der Waals surface area contributed by atoms with Gasteiger partial charge in [-0.25, -0.2) is 4.79 Å². The first-order chi connectivity index (χ1) is 10.9. The van der Waals surface area contributed by atoms with Gasteiger partial charge in [-0.3, -0.25) is 4.79 Å². The largest absolute Gasteiger partial charge is 0.449 e. The van der Waals surface area contributed by atoms with Crippen LogP contribution in [-0.4, -0.2) is 25.0 Å². The Morgan fingerprint density at radius 3 is 2.48 bits per heavy atom. The predicted molar refractivity (Wildman–Crippen MR) is 93.9 cm³/mol. The van der Waals surface area contributed by atoms with Crippen LogP contribution in [0.5, 0.6) is 0 Å². The lowest BCUT2D eigenvalue weighted by Gasteiger charge is -2.21. The molecule has 120 valence electrons. The van der Waals surface area contributed by atoms with Gasteiger partial charge in [-0.1, -0.05) is 45.7 Å². The first-order valence-corrected chi connectivity index (χ1v) is 8.06. The van der Waals surface area contributed by atoms with Crippen LogP contribution in [-0.2, 0) is 9.53 Å². The summed E-state index contributed by atoms with van der Waals surface area (Å²) in [4.78, 5) is 26.0. The molecule has 0 saturated carbocycles. The number of ether oxygens (including phenoxy) is 1. The number of carbonyl (C=O) groups excluding carboxylic acids is 2. The van der Waals surface area contributed by atoms with E-state index in [1.165, 1.54) is 11.8 Å². The smallest absolute Gasteiger partial charge is 0.340 e. The van der Waals surface area contributed by atoms with Crippen molar-refractivity contribution in [3.63, 3.8) is 0 Å². The van der Waals surface area contributed by atoms with Crippen molar-refractivity contribution in [2.75, 3.05) is 11.9 Å². The fourth-order valence-electron chi connectivity index (χ4n) is 1.98. The van der Waals surface area contributed by atoms with Crippen molar-refractivity contribution in [2.24, 2.45) is 0 Å². The van der Waals surface area contributed by atoms with E-state index in [1.807, 2.05) is 18.2 Å². The molecule has 0 bridgehead atoms. The maximum Gasteiger partial charge on any atom is 0.340 e. The Balaban J connectivity index is 2.09. The number of halogens is 2. The molecule has 2 aromatic carbocycles. The summed E-state index contributed by atoms with van der Waals surface area (Å²) in [6, 6.07) is 14.0. The lowest BCUT2D eigenvalue weighted by atomic mass is 10.2. The Morgan fingerprint density at radius 1 is 1.17 bits per heavy atom. The van der Waals surface area contributed by atoms with Gasteiger partial charge in [-0.05, 0) is 37.3 Å². The second-order valence-electron chi connectivity index (χ2n) is 4.90. The summed E-state index contributed by atoms with van der Waals surface area (Å²) in [5.41, 5.74) is 0.934. The standard InChI is InChI=1S/C17H15BrClNO3/c1-11(16(21)20(2)13-6-4-3-5-7-13)23-17(22)14-10-12(18)8-9-15(14)19/h3-11H,1-2H3/t11-/m1/s1. The van der Waals surface area contributed by atoms with Crippen LogP contribution in [0.2, 0.25) is 5.02 Å². The van der Waals surface area contributed by atoms with Gasteiger partial charge < -0.3 is 9.64 Å². The quantitative estimate of drug-likeness (QED) is 0.724. The first-order valence-electron chi connectivity index (χ1n) is 6.89. The third-order valence-corrected chi connectivity index (χ3v) is 4.08. The minimum Gasteiger partial charge on any atom is -0.449 e. The molecule has 0 aliphatic heterocycles. The zero-order valence-electron chi connectivity index (χ0n) is 12.6. The highest BCUT2D eigenvalue weighted by Gasteiger charge is 2.24. The average molecular weight is 397 g/mol. The Labute approximate surface area is 148 Å². The second kappa shape index (κ2) is 7.62. The number of hydrogen-bond acceptors (Lipinski definition) is 3. The zero-order chi connectivity index (χ0) is 17.0. The first kappa shape index (κ1) is 17.5. The highest BCUT2D eigenvalue weighted by atomic mass is 79.9. The van der Waals surface area contributed by atoms with Crippen LogP contribution in [0, 0.1) is 0 Å². The van der Waals surface area contributed by atoms with Crippen LogP contribution < -0.4 is 4.90 Å². The number of rotatable bonds is 4. The monoisotopic (exact) mass is 395 g/mol. The van der Waals surface area contributed by atoms with Gasteiger partial charge in [0.25, 0.3) is 5.91 Å². The van der Waals surface area contributed by atoms with E-state index in [9.17, 15) is 9.59 Å². The minimum absolute atomic E-state index is 0.211. The number of hydrogen-bond donors (Lipinski definition) is 0. The molecule has 0 spiro atoms. The van der Waals surface area contributed by atoms with E-state index in [2.05, 4.69) is 15.9 Å². The molecule has 23 heavy (non-hydrogen) atoms. The summed E-state index contributed by atoms with van der Waals surface area (Å²) in [7, 11) is 1.63. The SMILES string of the molecule is C[C@@H](OC(=O)c1cc(Br)ccc1Cl)C(=O)N(C)c1ccccc1. The number of anilines is 1. The molecule has 4 nitrogen and oxygen atoms in total. The highest BCUT2D eigenvalue weighted by molar-refractivity contribution is 9.10. The molecule has 6 heteroatoms. The summed E-state index contributed by atoms with van der Waals surface area (Å²) in [6.07, 6.45) is -0.928.